The van der Waals surface area contributed by atoms with E-state index in [4.69, 9.17) is 0 Å². The Bertz CT molecular complexity index is 710. The minimum Gasteiger partial charge on any atom is -0.269 e. The van der Waals surface area contributed by atoms with Crippen molar-refractivity contribution in [3.05, 3.63) is 59.1 Å². The molecule has 3 rings (SSSR count). The van der Waals surface area contributed by atoms with Gasteiger partial charge in [-0.2, -0.15) is 0 Å². The van der Waals surface area contributed by atoms with Crippen molar-refractivity contribution >= 4 is 34.4 Å². The van der Waals surface area contributed by atoms with Crippen molar-refractivity contribution in [3.8, 4) is 0 Å². The fraction of sp³-hybridized carbons (Fsp3) is 0. The molecule has 0 saturated heterocycles. The fourth-order valence-corrected chi connectivity index (χ4v) is 2.37. The van der Waals surface area contributed by atoms with Gasteiger partial charge in [0, 0.05) is 11.0 Å². The molecule has 0 aliphatic carbocycles. The van der Waals surface area contributed by atoms with Gasteiger partial charge >= 0.3 is 0 Å². The van der Waals surface area contributed by atoms with Gasteiger partial charge in [-0.15, -0.1) is 11.3 Å². The SMILES string of the molecule is O=C(C=Cc1cccs1)n1cnc2ccccc21. The van der Waals surface area contributed by atoms with Crippen molar-refractivity contribution in [1.82, 2.24) is 9.55 Å². The lowest BCUT2D eigenvalue weighted by Gasteiger charge is -1.97. The molecule has 0 N–H and O–H groups in total. The van der Waals surface area contributed by atoms with Crippen LogP contribution in [0.25, 0.3) is 17.1 Å². The molecule has 0 aliphatic heterocycles. The lowest BCUT2D eigenvalue weighted by Crippen LogP contribution is -2.04. The summed E-state index contributed by atoms with van der Waals surface area (Å²) in [6, 6.07) is 11.5. The minimum atomic E-state index is -0.0860. The summed E-state index contributed by atoms with van der Waals surface area (Å²) >= 11 is 1.60. The maximum atomic E-state index is 12.1. The van der Waals surface area contributed by atoms with Crippen LogP contribution >= 0.6 is 11.3 Å². The topological polar surface area (TPSA) is 34.9 Å². The van der Waals surface area contributed by atoms with E-state index in [-0.39, 0.29) is 5.91 Å². The average Bonchev–Trinajstić information content (AvgIpc) is 3.05. The minimum absolute atomic E-state index is 0.0860. The third kappa shape index (κ3) is 1.98. The Hall–Kier alpha value is -2.20. The number of aromatic nitrogens is 2. The zero-order valence-electron chi connectivity index (χ0n) is 9.48. The lowest BCUT2D eigenvalue weighted by molar-refractivity contribution is 0.0974. The van der Waals surface area contributed by atoms with Crippen LogP contribution in [0.3, 0.4) is 0 Å². The van der Waals surface area contributed by atoms with Gasteiger partial charge in [0.05, 0.1) is 11.0 Å². The molecule has 0 fully saturated rings. The highest BCUT2D eigenvalue weighted by molar-refractivity contribution is 7.10. The van der Waals surface area contributed by atoms with E-state index in [0.717, 1.165) is 15.9 Å². The molecule has 0 aliphatic rings. The number of carbonyl (C=O) groups is 1. The van der Waals surface area contributed by atoms with Crippen molar-refractivity contribution in [2.45, 2.75) is 0 Å². The number of fused-ring (bicyclic) bond motifs is 1. The molecule has 1 aromatic carbocycles. The van der Waals surface area contributed by atoms with Crippen molar-refractivity contribution < 1.29 is 4.79 Å². The standard InChI is InChI=1S/C14H10N2OS/c17-14(8-7-11-4-3-9-18-11)16-10-15-12-5-1-2-6-13(12)16/h1-10H. The highest BCUT2D eigenvalue weighted by atomic mass is 32.1. The number of hydrogen-bond acceptors (Lipinski definition) is 3. The molecule has 2 heterocycles. The maximum absolute atomic E-state index is 12.1. The van der Waals surface area contributed by atoms with Crippen LogP contribution in [0.4, 0.5) is 0 Å². The predicted octanol–water partition coefficient (Wildman–Crippen LogP) is 3.45. The Balaban J connectivity index is 1.93. The number of imidazole rings is 1. The molecule has 0 amide bonds. The van der Waals surface area contributed by atoms with E-state index >= 15 is 0 Å². The molecule has 2 aromatic heterocycles. The van der Waals surface area contributed by atoms with Gasteiger partial charge in [0.2, 0.25) is 0 Å². The van der Waals surface area contributed by atoms with Gasteiger partial charge in [-0.1, -0.05) is 18.2 Å². The molecule has 0 atom stereocenters. The number of thiophene rings is 1. The molecular weight excluding hydrogens is 244 g/mol. The molecule has 0 unspecified atom stereocenters. The summed E-state index contributed by atoms with van der Waals surface area (Å²) in [5.74, 6) is -0.0860. The van der Waals surface area contributed by atoms with Crippen LogP contribution in [0, 0.1) is 0 Å². The number of carbonyl (C=O) groups excluding carboxylic acids is 1. The normalized spacial score (nSPS) is 11.3. The predicted molar refractivity (Wildman–Crippen MR) is 73.7 cm³/mol. The third-order valence-corrected chi connectivity index (χ3v) is 3.46. The first kappa shape index (κ1) is 10.9. The molecule has 18 heavy (non-hydrogen) atoms. The van der Waals surface area contributed by atoms with Crippen molar-refractivity contribution in [1.29, 1.82) is 0 Å². The van der Waals surface area contributed by atoms with E-state index in [0.29, 0.717) is 0 Å². The average molecular weight is 254 g/mol. The van der Waals surface area contributed by atoms with E-state index in [9.17, 15) is 4.79 Å². The van der Waals surface area contributed by atoms with Gasteiger partial charge in [0.25, 0.3) is 5.91 Å². The molecule has 0 bridgehead atoms. The van der Waals surface area contributed by atoms with Gasteiger partial charge < -0.3 is 0 Å². The van der Waals surface area contributed by atoms with E-state index in [1.54, 1.807) is 28.3 Å². The first-order valence-corrected chi connectivity index (χ1v) is 6.40. The number of benzene rings is 1. The zero-order valence-corrected chi connectivity index (χ0v) is 10.3. The Morgan fingerprint density at radius 2 is 2.11 bits per heavy atom. The van der Waals surface area contributed by atoms with Crippen LogP contribution in [0.15, 0.2) is 54.2 Å². The van der Waals surface area contributed by atoms with Crippen LogP contribution in [0.5, 0.6) is 0 Å². The van der Waals surface area contributed by atoms with Crippen molar-refractivity contribution in [2.24, 2.45) is 0 Å². The van der Waals surface area contributed by atoms with E-state index in [1.807, 2.05) is 47.9 Å². The fourth-order valence-electron chi connectivity index (χ4n) is 1.75. The first-order chi connectivity index (χ1) is 8.84. The summed E-state index contributed by atoms with van der Waals surface area (Å²) in [6.45, 7) is 0. The quantitative estimate of drug-likeness (QED) is 0.656. The molecule has 0 saturated carbocycles. The van der Waals surface area contributed by atoms with Crippen LogP contribution in [-0.2, 0) is 0 Å². The van der Waals surface area contributed by atoms with Gasteiger partial charge in [-0.3, -0.25) is 9.36 Å². The molecule has 4 heteroatoms. The van der Waals surface area contributed by atoms with Crippen LogP contribution < -0.4 is 0 Å². The van der Waals surface area contributed by atoms with E-state index in [2.05, 4.69) is 4.98 Å². The van der Waals surface area contributed by atoms with Gasteiger partial charge in [-0.05, 0) is 29.7 Å². The Labute approximate surface area is 108 Å². The summed E-state index contributed by atoms with van der Waals surface area (Å²) in [4.78, 5) is 17.3. The van der Waals surface area contributed by atoms with Crippen LogP contribution in [0.2, 0.25) is 0 Å². The molecule has 3 nitrogen and oxygen atoms in total. The summed E-state index contributed by atoms with van der Waals surface area (Å²) in [5, 5.41) is 1.98. The zero-order chi connectivity index (χ0) is 12.4. The number of para-hydroxylation sites is 2. The third-order valence-electron chi connectivity index (χ3n) is 2.62. The lowest BCUT2D eigenvalue weighted by atomic mass is 10.3. The molecular formula is C14H10N2OS. The highest BCUT2D eigenvalue weighted by Gasteiger charge is 2.06. The largest absolute Gasteiger partial charge is 0.269 e. The van der Waals surface area contributed by atoms with E-state index < -0.39 is 0 Å². The number of nitrogens with zero attached hydrogens (tertiary/aromatic N) is 2. The van der Waals surface area contributed by atoms with E-state index in [1.165, 1.54) is 0 Å². The Kier molecular flexibility index (Phi) is 2.78. The number of allylic oxidation sites excluding steroid dienone is 1. The molecule has 3 aromatic rings. The van der Waals surface area contributed by atoms with Gasteiger partial charge in [-0.25, -0.2) is 4.98 Å². The number of rotatable bonds is 2. The summed E-state index contributed by atoms with van der Waals surface area (Å²) in [6.07, 6.45) is 4.95. The van der Waals surface area contributed by atoms with Crippen LogP contribution in [0.1, 0.15) is 9.67 Å². The van der Waals surface area contributed by atoms with Crippen LogP contribution in [-0.4, -0.2) is 15.5 Å². The molecule has 88 valence electrons. The number of hydrogen-bond donors (Lipinski definition) is 0. The maximum Gasteiger partial charge on any atom is 0.256 e. The summed E-state index contributed by atoms with van der Waals surface area (Å²) in [5.41, 5.74) is 1.66. The first-order valence-electron chi connectivity index (χ1n) is 5.52. The second-order valence-corrected chi connectivity index (χ2v) is 4.77. The monoisotopic (exact) mass is 254 g/mol. The van der Waals surface area contributed by atoms with Crippen molar-refractivity contribution in [3.63, 3.8) is 0 Å². The highest BCUT2D eigenvalue weighted by Crippen LogP contribution is 2.13. The Morgan fingerprint density at radius 1 is 1.22 bits per heavy atom. The second-order valence-electron chi connectivity index (χ2n) is 3.79. The van der Waals surface area contributed by atoms with Gasteiger partial charge in [0.1, 0.15) is 6.33 Å². The van der Waals surface area contributed by atoms with Crippen molar-refractivity contribution in [2.75, 3.05) is 0 Å². The molecule has 0 radical (unpaired) electrons. The molecule has 0 spiro atoms. The summed E-state index contributed by atoms with van der Waals surface area (Å²) in [7, 11) is 0. The summed E-state index contributed by atoms with van der Waals surface area (Å²) < 4.78 is 1.56. The second kappa shape index (κ2) is 4.58. The smallest absolute Gasteiger partial charge is 0.256 e. The van der Waals surface area contributed by atoms with Gasteiger partial charge in [0.15, 0.2) is 0 Å². The Morgan fingerprint density at radius 3 is 2.94 bits per heavy atom.